The Morgan fingerprint density at radius 1 is 1.18 bits per heavy atom. The van der Waals surface area contributed by atoms with E-state index in [0.29, 0.717) is 6.61 Å². The monoisotopic (exact) mass is 306 g/mol. The summed E-state index contributed by atoms with van der Waals surface area (Å²) in [4.78, 5) is 8.74. The molecule has 0 bridgehead atoms. The van der Waals surface area contributed by atoms with E-state index in [1.165, 1.54) is 5.56 Å². The van der Waals surface area contributed by atoms with E-state index < -0.39 is 0 Å². The van der Waals surface area contributed by atoms with E-state index in [0.717, 1.165) is 37.9 Å². The Balaban J connectivity index is 2.48. The summed E-state index contributed by atoms with van der Waals surface area (Å²) < 4.78 is 5.47. The molecule has 0 fully saturated rings. The Morgan fingerprint density at radius 2 is 1.86 bits per heavy atom. The van der Waals surface area contributed by atoms with Crippen LogP contribution in [-0.4, -0.2) is 63.1 Å². The van der Waals surface area contributed by atoms with Crippen LogP contribution in [0.25, 0.3) is 0 Å². The third-order valence-corrected chi connectivity index (χ3v) is 3.54. The molecule has 0 aliphatic rings. The van der Waals surface area contributed by atoms with E-state index >= 15 is 0 Å². The third-order valence-electron chi connectivity index (χ3n) is 3.54. The predicted octanol–water partition coefficient (Wildman–Crippen LogP) is 2.04. The van der Waals surface area contributed by atoms with Gasteiger partial charge in [0.05, 0.1) is 6.61 Å². The van der Waals surface area contributed by atoms with Gasteiger partial charge in [-0.05, 0) is 38.2 Å². The first-order valence-electron chi connectivity index (χ1n) is 7.92. The maximum absolute atomic E-state index is 5.47. The van der Waals surface area contributed by atoms with Crippen molar-refractivity contribution in [2.75, 3.05) is 47.4 Å². The van der Waals surface area contributed by atoms with Crippen molar-refractivity contribution in [1.82, 2.24) is 15.1 Å². The first kappa shape index (κ1) is 18.3. The summed E-state index contributed by atoms with van der Waals surface area (Å²) >= 11 is 0. The number of ether oxygens (including phenoxy) is 1. The van der Waals surface area contributed by atoms with E-state index in [2.05, 4.69) is 53.3 Å². The van der Waals surface area contributed by atoms with Gasteiger partial charge in [0.15, 0.2) is 5.96 Å². The van der Waals surface area contributed by atoms with Crippen LogP contribution in [0.4, 0.5) is 0 Å². The minimum Gasteiger partial charge on any atom is -0.494 e. The summed E-state index contributed by atoms with van der Waals surface area (Å²) in [6.45, 7) is 8.62. The Kier molecular flexibility index (Phi) is 8.36. The molecule has 0 aliphatic carbocycles. The van der Waals surface area contributed by atoms with E-state index in [1.807, 2.05) is 26.1 Å². The van der Waals surface area contributed by atoms with E-state index in [-0.39, 0.29) is 0 Å². The van der Waals surface area contributed by atoms with E-state index in [1.54, 1.807) is 0 Å². The second-order valence-corrected chi connectivity index (χ2v) is 5.30. The zero-order chi connectivity index (χ0) is 16.4. The quantitative estimate of drug-likeness (QED) is 0.589. The molecule has 5 heteroatoms. The lowest BCUT2D eigenvalue weighted by molar-refractivity contribution is 0.340. The molecule has 1 aromatic carbocycles. The first-order valence-corrected chi connectivity index (χ1v) is 7.92. The highest BCUT2D eigenvalue weighted by atomic mass is 16.5. The molecular formula is C17H30N4O. The van der Waals surface area contributed by atoms with Crippen molar-refractivity contribution in [3.63, 3.8) is 0 Å². The van der Waals surface area contributed by atoms with Gasteiger partial charge in [-0.3, -0.25) is 4.99 Å². The van der Waals surface area contributed by atoms with Crippen molar-refractivity contribution >= 4 is 5.96 Å². The lowest BCUT2D eigenvalue weighted by Crippen LogP contribution is -2.41. The van der Waals surface area contributed by atoms with Crippen LogP contribution in [0.1, 0.15) is 19.4 Å². The Hall–Kier alpha value is -1.75. The molecule has 0 aromatic heterocycles. The third kappa shape index (κ3) is 6.35. The van der Waals surface area contributed by atoms with Crippen LogP contribution in [0.3, 0.4) is 0 Å². The van der Waals surface area contributed by atoms with Gasteiger partial charge in [-0.25, -0.2) is 0 Å². The van der Waals surface area contributed by atoms with Crippen LogP contribution in [0.5, 0.6) is 5.75 Å². The summed E-state index contributed by atoms with van der Waals surface area (Å²) in [5.74, 6) is 1.83. The van der Waals surface area contributed by atoms with Gasteiger partial charge in [-0.2, -0.15) is 0 Å². The molecule has 0 amide bonds. The van der Waals surface area contributed by atoms with Gasteiger partial charge < -0.3 is 19.9 Å². The van der Waals surface area contributed by atoms with Crippen LogP contribution >= 0.6 is 0 Å². The molecule has 124 valence electrons. The van der Waals surface area contributed by atoms with E-state index in [4.69, 9.17) is 4.74 Å². The first-order chi connectivity index (χ1) is 10.6. The Bertz CT molecular complexity index is 444. The summed E-state index contributed by atoms with van der Waals surface area (Å²) in [7, 11) is 5.99. The Labute approximate surface area is 135 Å². The molecule has 0 spiro atoms. The number of benzene rings is 1. The molecule has 1 aromatic rings. The van der Waals surface area contributed by atoms with Crippen molar-refractivity contribution in [2.24, 2.45) is 4.99 Å². The van der Waals surface area contributed by atoms with Gasteiger partial charge in [0.25, 0.3) is 0 Å². The largest absolute Gasteiger partial charge is 0.494 e. The fourth-order valence-corrected chi connectivity index (χ4v) is 2.11. The van der Waals surface area contributed by atoms with Crippen molar-refractivity contribution < 1.29 is 4.74 Å². The second-order valence-electron chi connectivity index (χ2n) is 5.30. The average molecular weight is 306 g/mol. The molecule has 0 unspecified atom stereocenters. The molecule has 0 radical (unpaired) electrons. The molecule has 0 atom stereocenters. The summed E-state index contributed by atoms with van der Waals surface area (Å²) in [5, 5.41) is 3.40. The maximum atomic E-state index is 5.47. The topological polar surface area (TPSA) is 40.1 Å². The van der Waals surface area contributed by atoms with Crippen molar-refractivity contribution in [3.8, 4) is 5.75 Å². The summed E-state index contributed by atoms with van der Waals surface area (Å²) in [6, 6.07) is 8.22. The fraction of sp³-hybridized carbons (Fsp3) is 0.588. The van der Waals surface area contributed by atoms with E-state index in [9.17, 15) is 0 Å². The molecule has 0 aliphatic heterocycles. The lowest BCUT2D eigenvalue weighted by Gasteiger charge is -2.23. The van der Waals surface area contributed by atoms with Gasteiger partial charge >= 0.3 is 0 Å². The number of likely N-dealkylation sites (N-methyl/N-ethyl adjacent to an activating group) is 1. The molecule has 0 saturated heterocycles. The highest BCUT2D eigenvalue weighted by molar-refractivity contribution is 5.79. The normalized spacial score (nSPS) is 11.6. The minimum atomic E-state index is 0.696. The number of aliphatic imine (C=N–C) groups is 1. The molecule has 22 heavy (non-hydrogen) atoms. The number of guanidine groups is 1. The minimum absolute atomic E-state index is 0.696. The fourth-order valence-electron chi connectivity index (χ4n) is 2.11. The van der Waals surface area contributed by atoms with Gasteiger partial charge in [-0.1, -0.05) is 19.1 Å². The molecule has 0 saturated carbocycles. The zero-order valence-corrected chi connectivity index (χ0v) is 14.6. The standard InChI is InChI=1S/C17H30N4O/c1-6-20(4)13-12-19-17(18-3)21(5)14-15-8-10-16(11-9-15)22-7-2/h8-11H,6-7,12-14H2,1-5H3,(H,18,19). The number of hydrogen-bond acceptors (Lipinski definition) is 3. The summed E-state index contributed by atoms with van der Waals surface area (Å²) in [5.41, 5.74) is 1.24. The van der Waals surface area contributed by atoms with Crippen LogP contribution in [-0.2, 0) is 6.54 Å². The smallest absolute Gasteiger partial charge is 0.193 e. The van der Waals surface area contributed by atoms with Crippen molar-refractivity contribution in [2.45, 2.75) is 20.4 Å². The predicted molar refractivity (Wildman–Crippen MR) is 93.6 cm³/mol. The lowest BCUT2D eigenvalue weighted by atomic mass is 10.2. The highest BCUT2D eigenvalue weighted by Gasteiger charge is 2.06. The summed E-state index contributed by atoms with van der Waals surface area (Å²) in [6.07, 6.45) is 0. The zero-order valence-electron chi connectivity index (χ0n) is 14.6. The van der Waals surface area contributed by atoms with Crippen LogP contribution in [0.2, 0.25) is 0 Å². The SMILES string of the molecule is CCOc1ccc(CN(C)C(=NC)NCCN(C)CC)cc1. The second kappa shape index (κ2) is 10.1. The number of rotatable bonds is 8. The van der Waals surface area contributed by atoms with Gasteiger partial charge in [-0.15, -0.1) is 0 Å². The number of hydrogen-bond donors (Lipinski definition) is 1. The number of nitrogens with one attached hydrogen (secondary N) is 1. The Morgan fingerprint density at radius 3 is 2.41 bits per heavy atom. The highest BCUT2D eigenvalue weighted by Crippen LogP contribution is 2.13. The van der Waals surface area contributed by atoms with Crippen LogP contribution in [0.15, 0.2) is 29.3 Å². The van der Waals surface area contributed by atoms with Crippen molar-refractivity contribution in [3.05, 3.63) is 29.8 Å². The number of nitrogens with zero attached hydrogens (tertiary/aromatic N) is 3. The van der Waals surface area contributed by atoms with Crippen LogP contribution in [0, 0.1) is 0 Å². The average Bonchev–Trinajstić information content (AvgIpc) is 2.53. The van der Waals surface area contributed by atoms with Crippen LogP contribution < -0.4 is 10.1 Å². The maximum Gasteiger partial charge on any atom is 0.193 e. The van der Waals surface area contributed by atoms with Gasteiger partial charge in [0.1, 0.15) is 5.75 Å². The molecular weight excluding hydrogens is 276 g/mol. The van der Waals surface area contributed by atoms with Gasteiger partial charge in [0, 0.05) is 33.7 Å². The molecule has 1 N–H and O–H groups in total. The van der Waals surface area contributed by atoms with Gasteiger partial charge in [0.2, 0.25) is 0 Å². The van der Waals surface area contributed by atoms with Crippen molar-refractivity contribution in [1.29, 1.82) is 0 Å². The molecule has 0 heterocycles. The molecule has 1 rings (SSSR count). The molecule has 5 nitrogen and oxygen atoms in total.